The highest BCUT2D eigenvalue weighted by Gasteiger charge is 2.37. The number of carbonyl (C=O) groups is 2. The molecular weight excluding hydrogens is 356 g/mol. The molecule has 0 aliphatic carbocycles. The van der Waals surface area contributed by atoms with E-state index in [9.17, 15) is 18.0 Å². The predicted octanol–water partition coefficient (Wildman–Crippen LogP) is 1.27. The van der Waals surface area contributed by atoms with Crippen LogP contribution in [0, 0.1) is 0 Å². The Hall–Kier alpha value is -1.64. The maximum Gasteiger partial charge on any atom is 0.255 e. The van der Waals surface area contributed by atoms with Gasteiger partial charge in [-0.1, -0.05) is 11.6 Å². The van der Waals surface area contributed by atoms with Crippen LogP contribution in [0.25, 0.3) is 0 Å². The number of hydrogen-bond acceptors (Lipinski definition) is 5. The fourth-order valence-electron chi connectivity index (χ4n) is 2.86. The quantitative estimate of drug-likeness (QED) is 0.780. The van der Waals surface area contributed by atoms with Crippen molar-refractivity contribution in [2.75, 3.05) is 29.8 Å². The van der Waals surface area contributed by atoms with E-state index in [0.29, 0.717) is 19.8 Å². The number of ether oxygens (including phenoxy) is 1. The molecule has 1 aromatic carbocycles. The van der Waals surface area contributed by atoms with Gasteiger partial charge in [0, 0.05) is 13.0 Å². The van der Waals surface area contributed by atoms with E-state index in [1.54, 1.807) is 4.90 Å². The van der Waals surface area contributed by atoms with Crippen LogP contribution in [0.3, 0.4) is 0 Å². The molecule has 24 heavy (non-hydrogen) atoms. The summed E-state index contributed by atoms with van der Waals surface area (Å²) in [4.78, 5) is 26.3. The molecule has 0 spiro atoms. The standard InChI is InChI=1S/C15H17ClN2O5S/c1-10-9-23-6-5-17(10)15(20)12-8-11(2-3-13(12)16)18-14(19)4-7-24(18,21)22/h2-3,8,10H,4-7,9H2,1H3. The van der Waals surface area contributed by atoms with Gasteiger partial charge in [-0.2, -0.15) is 0 Å². The lowest BCUT2D eigenvalue weighted by Crippen LogP contribution is -2.47. The summed E-state index contributed by atoms with van der Waals surface area (Å²) < 4.78 is 30.2. The molecule has 0 bridgehead atoms. The largest absolute Gasteiger partial charge is 0.377 e. The third kappa shape index (κ3) is 3.01. The fraction of sp³-hybridized carbons (Fsp3) is 0.467. The highest BCUT2D eigenvalue weighted by atomic mass is 35.5. The van der Waals surface area contributed by atoms with Crippen molar-refractivity contribution in [1.82, 2.24) is 4.90 Å². The monoisotopic (exact) mass is 372 g/mol. The van der Waals surface area contributed by atoms with Crippen molar-refractivity contribution in [3.05, 3.63) is 28.8 Å². The Kier molecular flexibility index (Phi) is 4.54. The highest BCUT2D eigenvalue weighted by Crippen LogP contribution is 2.30. The molecule has 2 aliphatic heterocycles. The fourth-order valence-corrected chi connectivity index (χ4v) is 4.51. The number of rotatable bonds is 2. The minimum atomic E-state index is -3.68. The minimum Gasteiger partial charge on any atom is -0.377 e. The number of amides is 2. The molecule has 2 aliphatic rings. The van der Waals surface area contributed by atoms with Crippen molar-refractivity contribution in [1.29, 1.82) is 0 Å². The second kappa shape index (κ2) is 6.34. The van der Waals surface area contributed by atoms with E-state index in [1.807, 2.05) is 6.92 Å². The van der Waals surface area contributed by atoms with Crippen LogP contribution in [0.4, 0.5) is 5.69 Å². The second-order valence-electron chi connectivity index (χ2n) is 5.81. The number of nitrogens with zero attached hydrogens (tertiary/aromatic N) is 2. The smallest absolute Gasteiger partial charge is 0.255 e. The maximum absolute atomic E-state index is 12.8. The van der Waals surface area contributed by atoms with Gasteiger partial charge in [-0.15, -0.1) is 0 Å². The Labute approximate surface area is 145 Å². The summed E-state index contributed by atoms with van der Waals surface area (Å²) in [6, 6.07) is 4.13. The van der Waals surface area contributed by atoms with E-state index in [0.717, 1.165) is 4.31 Å². The van der Waals surface area contributed by atoms with Gasteiger partial charge in [-0.05, 0) is 25.1 Å². The van der Waals surface area contributed by atoms with Crippen molar-refractivity contribution >= 4 is 39.1 Å². The van der Waals surface area contributed by atoms with Crippen LogP contribution in [0.5, 0.6) is 0 Å². The predicted molar refractivity (Wildman–Crippen MR) is 88.7 cm³/mol. The molecule has 0 saturated carbocycles. The van der Waals surface area contributed by atoms with E-state index in [1.165, 1.54) is 18.2 Å². The first-order valence-corrected chi connectivity index (χ1v) is 9.54. The van der Waals surface area contributed by atoms with Crippen molar-refractivity contribution < 1.29 is 22.7 Å². The zero-order valence-electron chi connectivity index (χ0n) is 13.1. The van der Waals surface area contributed by atoms with Gasteiger partial charge in [0.1, 0.15) is 0 Å². The number of morpholine rings is 1. The number of anilines is 1. The summed E-state index contributed by atoms with van der Waals surface area (Å²) in [6.07, 6.45) is -0.0608. The van der Waals surface area contributed by atoms with Crippen LogP contribution in [0.15, 0.2) is 18.2 Å². The highest BCUT2D eigenvalue weighted by molar-refractivity contribution is 7.94. The zero-order valence-corrected chi connectivity index (χ0v) is 14.6. The topological polar surface area (TPSA) is 84.0 Å². The molecule has 0 aromatic heterocycles. The number of halogens is 1. The summed E-state index contributed by atoms with van der Waals surface area (Å²) in [5, 5.41) is 0.214. The average molecular weight is 373 g/mol. The van der Waals surface area contributed by atoms with E-state index in [2.05, 4.69) is 0 Å². The van der Waals surface area contributed by atoms with Crippen molar-refractivity contribution in [3.63, 3.8) is 0 Å². The lowest BCUT2D eigenvalue weighted by Gasteiger charge is -2.33. The third-order valence-electron chi connectivity index (χ3n) is 4.12. The molecular formula is C15H17ClN2O5S. The maximum atomic E-state index is 12.8. The summed E-state index contributed by atoms with van der Waals surface area (Å²) in [6.45, 7) is 3.17. The van der Waals surface area contributed by atoms with Gasteiger partial charge in [-0.25, -0.2) is 12.7 Å². The Bertz CT molecular complexity index is 795. The molecule has 2 amide bonds. The van der Waals surface area contributed by atoms with Gasteiger partial charge in [0.15, 0.2) is 0 Å². The Balaban J connectivity index is 1.98. The SMILES string of the molecule is CC1COCCN1C(=O)c1cc(N2C(=O)CCS2(=O)=O)ccc1Cl. The van der Waals surface area contributed by atoms with Crippen molar-refractivity contribution in [2.24, 2.45) is 0 Å². The summed E-state index contributed by atoms with van der Waals surface area (Å²) in [5.41, 5.74) is 0.323. The average Bonchev–Trinajstić information content (AvgIpc) is 2.81. The Morgan fingerprint density at radius 3 is 2.75 bits per heavy atom. The molecule has 130 valence electrons. The van der Waals surface area contributed by atoms with Crippen LogP contribution in [-0.2, 0) is 19.6 Å². The van der Waals surface area contributed by atoms with E-state index in [4.69, 9.17) is 16.3 Å². The molecule has 2 saturated heterocycles. The van der Waals surface area contributed by atoms with Crippen molar-refractivity contribution in [3.8, 4) is 0 Å². The van der Waals surface area contributed by atoms with Crippen LogP contribution in [0.2, 0.25) is 5.02 Å². The first-order valence-electron chi connectivity index (χ1n) is 7.55. The van der Waals surface area contributed by atoms with Gasteiger partial charge in [0.2, 0.25) is 15.9 Å². The lowest BCUT2D eigenvalue weighted by atomic mass is 10.1. The van der Waals surface area contributed by atoms with Gasteiger partial charge >= 0.3 is 0 Å². The van der Waals surface area contributed by atoms with Gasteiger partial charge < -0.3 is 9.64 Å². The van der Waals surface area contributed by atoms with Gasteiger partial charge in [0.25, 0.3) is 5.91 Å². The third-order valence-corrected chi connectivity index (χ3v) is 6.14. The molecule has 3 rings (SSSR count). The summed E-state index contributed by atoms with van der Waals surface area (Å²) in [7, 11) is -3.68. The molecule has 1 atom stereocenters. The van der Waals surface area contributed by atoms with Crippen LogP contribution in [0.1, 0.15) is 23.7 Å². The van der Waals surface area contributed by atoms with Gasteiger partial charge in [-0.3, -0.25) is 9.59 Å². The Morgan fingerprint density at radius 2 is 2.12 bits per heavy atom. The molecule has 9 heteroatoms. The molecule has 2 heterocycles. The zero-order chi connectivity index (χ0) is 17.5. The van der Waals surface area contributed by atoms with E-state index >= 15 is 0 Å². The minimum absolute atomic E-state index is 0.0608. The van der Waals surface area contributed by atoms with Gasteiger partial charge in [0.05, 0.1) is 41.3 Å². The number of carbonyl (C=O) groups excluding carboxylic acids is 2. The molecule has 0 N–H and O–H groups in total. The van der Waals surface area contributed by atoms with Crippen LogP contribution < -0.4 is 4.31 Å². The van der Waals surface area contributed by atoms with E-state index < -0.39 is 15.9 Å². The number of hydrogen-bond donors (Lipinski definition) is 0. The normalized spacial score (nSPS) is 23.6. The molecule has 1 aromatic rings. The lowest BCUT2D eigenvalue weighted by molar-refractivity contribution is -0.116. The molecule has 2 fully saturated rings. The second-order valence-corrected chi connectivity index (χ2v) is 8.16. The van der Waals surface area contributed by atoms with Crippen LogP contribution in [-0.4, -0.2) is 56.7 Å². The van der Waals surface area contributed by atoms with Crippen LogP contribution >= 0.6 is 11.6 Å². The van der Waals surface area contributed by atoms with Crippen molar-refractivity contribution in [2.45, 2.75) is 19.4 Å². The Morgan fingerprint density at radius 1 is 1.38 bits per heavy atom. The first kappa shape index (κ1) is 17.2. The number of benzene rings is 1. The summed E-state index contributed by atoms with van der Waals surface area (Å²) in [5.74, 6) is -1.03. The van der Waals surface area contributed by atoms with E-state index in [-0.39, 0.29) is 40.4 Å². The molecule has 0 radical (unpaired) electrons. The molecule has 1 unspecified atom stereocenters. The summed E-state index contributed by atoms with van der Waals surface area (Å²) >= 11 is 6.14. The molecule has 7 nitrogen and oxygen atoms in total. The first-order chi connectivity index (χ1) is 11.3. The number of sulfonamides is 1.